The van der Waals surface area contributed by atoms with Crippen LogP contribution in [0.15, 0.2) is 18.2 Å². The highest BCUT2D eigenvalue weighted by Gasteiger charge is 2.05. The summed E-state index contributed by atoms with van der Waals surface area (Å²) in [4.78, 5) is 0. The summed E-state index contributed by atoms with van der Waals surface area (Å²) < 4.78 is 5.58. The second kappa shape index (κ2) is 5.01. The lowest BCUT2D eigenvalue weighted by atomic mass is 10.1. The fourth-order valence-electron chi connectivity index (χ4n) is 1.35. The number of hydrogen-bond donors (Lipinski definition) is 1. The first-order valence-electron chi connectivity index (χ1n) is 5.06. The number of rotatable bonds is 4. The van der Waals surface area contributed by atoms with E-state index >= 15 is 0 Å². The molecule has 0 bridgehead atoms. The maximum absolute atomic E-state index is 9.17. The summed E-state index contributed by atoms with van der Waals surface area (Å²) in [5.41, 5.74) is 2.10. The Hall–Kier alpha value is -1.02. The molecule has 0 fully saturated rings. The molecule has 1 aromatic carbocycles. The predicted octanol–water partition coefficient (Wildman–Crippen LogP) is 2.53. The van der Waals surface area contributed by atoms with Gasteiger partial charge in [-0.05, 0) is 38.0 Å². The van der Waals surface area contributed by atoms with Gasteiger partial charge in [-0.1, -0.05) is 13.0 Å². The molecule has 14 heavy (non-hydrogen) atoms. The minimum Gasteiger partial charge on any atom is -0.491 e. The van der Waals surface area contributed by atoms with Crippen LogP contribution >= 0.6 is 0 Å². The van der Waals surface area contributed by atoms with Crippen molar-refractivity contribution in [2.75, 3.05) is 0 Å². The van der Waals surface area contributed by atoms with Gasteiger partial charge >= 0.3 is 0 Å². The minimum atomic E-state index is 0.0376. The van der Waals surface area contributed by atoms with Crippen LogP contribution in [-0.4, -0.2) is 11.2 Å². The molecule has 0 aromatic heterocycles. The Morgan fingerprint density at radius 1 is 1.36 bits per heavy atom. The second-order valence-electron chi connectivity index (χ2n) is 3.62. The van der Waals surface area contributed by atoms with Gasteiger partial charge in [-0.15, -0.1) is 0 Å². The van der Waals surface area contributed by atoms with Crippen molar-refractivity contribution in [2.24, 2.45) is 0 Å². The number of hydrogen-bond acceptors (Lipinski definition) is 2. The van der Waals surface area contributed by atoms with Crippen molar-refractivity contribution >= 4 is 0 Å². The Morgan fingerprint density at radius 3 is 2.57 bits per heavy atom. The normalized spacial score (nSPS) is 10.6. The first-order chi connectivity index (χ1) is 6.67. The van der Waals surface area contributed by atoms with Crippen molar-refractivity contribution in [1.82, 2.24) is 0 Å². The SMILES string of the molecule is CCc1ccc(OC(C)C)c(CO)c1. The highest BCUT2D eigenvalue weighted by molar-refractivity contribution is 5.37. The zero-order chi connectivity index (χ0) is 10.6. The number of benzene rings is 1. The van der Waals surface area contributed by atoms with Gasteiger partial charge in [-0.3, -0.25) is 0 Å². The van der Waals surface area contributed by atoms with Crippen molar-refractivity contribution in [2.45, 2.75) is 39.9 Å². The maximum Gasteiger partial charge on any atom is 0.125 e. The molecular weight excluding hydrogens is 176 g/mol. The van der Waals surface area contributed by atoms with Crippen molar-refractivity contribution in [3.05, 3.63) is 29.3 Å². The molecule has 0 spiro atoms. The van der Waals surface area contributed by atoms with Crippen LogP contribution in [0.1, 0.15) is 31.9 Å². The number of aliphatic hydroxyl groups is 1. The van der Waals surface area contributed by atoms with Crippen molar-refractivity contribution in [3.63, 3.8) is 0 Å². The van der Waals surface area contributed by atoms with E-state index in [2.05, 4.69) is 6.92 Å². The zero-order valence-corrected chi connectivity index (χ0v) is 9.08. The largest absolute Gasteiger partial charge is 0.491 e. The lowest BCUT2D eigenvalue weighted by Crippen LogP contribution is -2.07. The maximum atomic E-state index is 9.17. The Labute approximate surface area is 85.5 Å². The van der Waals surface area contributed by atoms with Crippen LogP contribution in [0.4, 0.5) is 0 Å². The third-order valence-corrected chi connectivity index (χ3v) is 2.07. The first kappa shape index (κ1) is 11.1. The summed E-state index contributed by atoms with van der Waals surface area (Å²) in [5, 5.41) is 9.17. The van der Waals surface area contributed by atoms with Gasteiger partial charge in [0.25, 0.3) is 0 Å². The summed E-state index contributed by atoms with van der Waals surface area (Å²) in [7, 11) is 0. The highest BCUT2D eigenvalue weighted by atomic mass is 16.5. The highest BCUT2D eigenvalue weighted by Crippen LogP contribution is 2.21. The van der Waals surface area contributed by atoms with E-state index in [-0.39, 0.29) is 12.7 Å². The standard InChI is InChI=1S/C12H18O2/c1-4-10-5-6-12(14-9(2)3)11(7-10)8-13/h5-7,9,13H,4,8H2,1-3H3. The molecule has 2 heteroatoms. The van der Waals surface area contributed by atoms with Crippen molar-refractivity contribution in [1.29, 1.82) is 0 Å². The van der Waals surface area contributed by atoms with Gasteiger partial charge in [0.15, 0.2) is 0 Å². The summed E-state index contributed by atoms with van der Waals surface area (Å²) >= 11 is 0. The molecule has 1 aromatic rings. The van der Waals surface area contributed by atoms with Gasteiger partial charge in [-0.25, -0.2) is 0 Å². The molecular formula is C12H18O2. The van der Waals surface area contributed by atoms with Gasteiger partial charge in [0.05, 0.1) is 12.7 Å². The van der Waals surface area contributed by atoms with Crippen LogP contribution in [-0.2, 0) is 13.0 Å². The van der Waals surface area contributed by atoms with E-state index in [4.69, 9.17) is 4.74 Å². The van der Waals surface area contributed by atoms with E-state index in [0.717, 1.165) is 17.7 Å². The molecule has 0 aliphatic heterocycles. The van der Waals surface area contributed by atoms with Crippen LogP contribution < -0.4 is 4.74 Å². The third kappa shape index (κ3) is 2.74. The number of aryl methyl sites for hydroxylation is 1. The van der Waals surface area contributed by atoms with Gasteiger partial charge < -0.3 is 9.84 Å². The van der Waals surface area contributed by atoms with Crippen molar-refractivity contribution < 1.29 is 9.84 Å². The third-order valence-electron chi connectivity index (χ3n) is 2.07. The fourth-order valence-corrected chi connectivity index (χ4v) is 1.35. The molecule has 0 aliphatic carbocycles. The van der Waals surface area contributed by atoms with E-state index < -0.39 is 0 Å². The first-order valence-corrected chi connectivity index (χ1v) is 5.06. The molecule has 0 saturated carbocycles. The van der Waals surface area contributed by atoms with Crippen LogP contribution in [0.25, 0.3) is 0 Å². The topological polar surface area (TPSA) is 29.5 Å². The minimum absolute atomic E-state index is 0.0376. The van der Waals surface area contributed by atoms with E-state index in [1.165, 1.54) is 5.56 Å². The van der Waals surface area contributed by atoms with Crippen LogP contribution in [0, 0.1) is 0 Å². The quantitative estimate of drug-likeness (QED) is 0.798. The fraction of sp³-hybridized carbons (Fsp3) is 0.500. The summed E-state index contributed by atoms with van der Waals surface area (Å²) in [6, 6.07) is 5.97. The average molecular weight is 194 g/mol. The molecule has 0 unspecified atom stereocenters. The Balaban J connectivity index is 2.93. The molecule has 1 rings (SSSR count). The second-order valence-corrected chi connectivity index (χ2v) is 3.62. The molecule has 78 valence electrons. The lowest BCUT2D eigenvalue weighted by Gasteiger charge is -2.13. The molecule has 1 N–H and O–H groups in total. The Kier molecular flexibility index (Phi) is 3.96. The Bertz CT molecular complexity index is 292. The van der Waals surface area contributed by atoms with E-state index in [9.17, 15) is 5.11 Å². The number of ether oxygens (including phenoxy) is 1. The average Bonchev–Trinajstić information content (AvgIpc) is 2.17. The zero-order valence-electron chi connectivity index (χ0n) is 9.08. The predicted molar refractivity (Wildman–Crippen MR) is 57.5 cm³/mol. The molecule has 0 atom stereocenters. The molecule has 0 amide bonds. The number of aliphatic hydroxyl groups excluding tert-OH is 1. The van der Waals surface area contributed by atoms with E-state index in [1.54, 1.807) is 0 Å². The molecule has 0 aliphatic rings. The molecule has 0 heterocycles. The van der Waals surface area contributed by atoms with Gasteiger partial charge in [0.2, 0.25) is 0 Å². The van der Waals surface area contributed by atoms with Crippen molar-refractivity contribution in [3.8, 4) is 5.75 Å². The van der Waals surface area contributed by atoms with Crippen LogP contribution in [0.3, 0.4) is 0 Å². The molecule has 2 nitrogen and oxygen atoms in total. The summed E-state index contributed by atoms with van der Waals surface area (Å²) in [5.74, 6) is 0.791. The summed E-state index contributed by atoms with van der Waals surface area (Å²) in [6.07, 6.45) is 1.13. The van der Waals surface area contributed by atoms with Gasteiger partial charge in [0, 0.05) is 5.56 Å². The van der Waals surface area contributed by atoms with Crippen LogP contribution in [0.5, 0.6) is 5.75 Å². The molecule has 0 radical (unpaired) electrons. The lowest BCUT2D eigenvalue weighted by molar-refractivity contribution is 0.225. The smallest absolute Gasteiger partial charge is 0.125 e. The summed E-state index contributed by atoms with van der Waals surface area (Å²) in [6.45, 7) is 6.10. The van der Waals surface area contributed by atoms with Gasteiger partial charge in [-0.2, -0.15) is 0 Å². The Morgan fingerprint density at radius 2 is 2.07 bits per heavy atom. The van der Waals surface area contributed by atoms with Crippen LogP contribution in [0.2, 0.25) is 0 Å². The molecule has 0 saturated heterocycles. The monoisotopic (exact) mass is 194 g/mol. The van der Waals surface area contributed by atoms with Gasteiger partial charge in [0.1, 0.15) is 5.75 Å². The van der Waals surface area contributed by atoms with E-state index in [1.807, 2.05) is 32.0 Å². The van der Waals surface area contributed by atoms with E-state index in [0.29, 0.717) is 0 Å².